The van der Waals surface area contributed by atoms with Gasteiger partial charge in [0, 0.05) is 37.8 Å². The second kappa shape index (κ2) is 6.15. The van der Waals surface area contributed by atoms with Gasteiger partial charge in [0.25, 0.3) is 5.69 Å². The second-order valence-electron chi connectivity index (χ2n) is 5.14. The number of aliphatic hydroxyl groups is 1. The Morgan fingerprint density at radius 3 is 2.60 bits per heavy atom. The topological polar surface area (TPSA) is 82.7 Å². The number of aryl methyl sites for hydroxylation is 1. The van der Waals surface area contributed by atoms with Crippen molar-refractivity contribution in [3.63, 3.8) is 0 Å². The van der Waals surface area contributed by atoms with E-state index < -0.39 is 4.92 Å². The Bertz CT molecular complexity index is 487. The molecule has 1 atom stereocenters. The molecule has 0 aliphatic carbocycles. The molecule has 1 aliphatic rings. The van der Waals surface area contributed by atoms with E-state index in [2.05, 4.69) is 14.8 Å². The lowest BCUT2D eigenvalue weighted by atomic mass is 10.2. The Kier molecular flexibility index (Phi) is 4.51. The van der Waals surface area contributed by atoms with Crippen molar-refractivity contribution in [2.24, 2.45) is 0 Å². The van der Waals surface area contributed by atoms with Crippen LogP contribution in [0.3, 0.4) is 0 Å². The van der Waals surface area contributed by atoms with E-state index in [1.807, 2.05) is 6.92 Å². The second-order valence-corrected chi connectivity index (χ2v) is 5.14. The third kappa shape index (κ3) is 3.05. The maximum Gasteiger partial charge on any atom is 0.290 e. The summed E-state index contributed by atoms with van der Waals surface area (Å²) in [7, 11) is 0. The summed E-state index contributed by atoms with van der Waals surface area (Å²) in [4.78, 5) is 18.9. The molecule has 2 heterocycles. The molecule has 110 valence electrons. The fourth-order valence-corrected chi connectivity index (χ4v) is 2.41. The van der Waals surface area contributed by atoms with Crippen LogP contribution in [0.15, 0.2) is 12.3 Å². The summed E-state index contributed by atoms with van der Waals surface area (Å²) in [5.74, 6) is 0.782. The van der Waals surface area contributed by atoms with Crippen molar-refractivity contribution >= 4 is 11.5 Å². The fourth-order valence-electron chi connectivity index (χ4n) is 2.41. The SMILES string of the molecule is Cc1cc(N2CCN(C(C)CO)CC2)ncc1[N+](=O)[O-]. The van der Waals surface area contributed by atoms with Gasteiger partial charge < -0.3 is 10.0 Å². The van der Waals surface area contributed by atoms with Crippen molar-refractivity contribution in [2.75, 3.05) is 37.7 Å². The average molecular weight is 280 g/mol. The summed E-state index contributed by atoms with van der Waals surface area (Å²) in [5.41, 5.74) is 0.687. The maximum atomic E-state index is 10.8. The van der Waals surface area contributed by atoms with Gasteiger partial charge in [-0.2, -0.15) is 0 Å². The molecule has 0 radical (unpaired) electrons. The van der Waals surface area contributed by atoms with Crippen LogP contribution in [-0.4, -0.2) is 58.7 Å². The predicted octanol–water partition coefficient (Wildman–Crippen LogP) is 0.801. The Balaban J connectivity index is 2.04. The average Bonchev–Trinajstić information content (AvgIpc) is 2.46. The molecule has 1 fully saturated rings. The van der Waals surface area contributed by atoms with Crippen molar-refractivity contribution in [3.8, 4) is 0 Å². The van der Waals surface area contributed by atoms with Crippen LogP contribution in [0.4, 0.5) is 11.5 Å². The zero-order valence-corrected chi connectivity index (χ0v) is 11.8. The Morgan fingerprint density at radius 1 is 1.45 bits per heavy atom. The molecule has 0 amide bonds. The zero-order valence-electron chi connectivity index (χ0n) is 11.8. The number of rotatable bonds is 4. The molecule has 7 nitrogen and oxygen atoms in total. The lowest BCUT2D eigenvalue weighted by Crippen LogP contribution is -2.50. The number of piperazine rings is 1. The number of hydrogen-bond donors (Lipinski definition) is 1. The highest BCUT2D eigenvalue weighted by Gasteiger charge is 2.22. The molecular formula is C13H20N4O3. The lowest BCUT2D eigenvalue weighted by Gasteiger charge is -2.38. The first kappa shape index (κ1) is 14.7. The van der Waals surface area contributed by atoms with Gasteiger partial charge >= 0.3 is 0 Å². The van der Waals surface area contributed by atoms with Crippen LogP contribution in [-0.2, 0) is 0 Å². The van der Waals surface area contributed by atoms with E-state index in [1.54, 1.807) is 13.0 Å². The van der Waals surface area contributed by atoms with E-state index in [4.69, 9.17) is 5.11 Å². The molecule has 0 saturated carbocycles. The van der Waals surface area contributed by atoms with E-state index in [0.717, 1.165) is 32.0 Å². The third-order valence-electron chi connectivity index (χ3n) is 3.79. The number of aliphatic hydroxyl groups excluding tert-OH is 1. The molecule has 1 unspecified atom stereocenters. The van der Waals surface area contributed by atoms with Gasteiger partial charge in [0.2, 0.25) is 0 Å². The third-order valence-corrected chi connectivity index (χ3v) is 3.79. The minimum Gasteiger partial charge on any atom is -0.395 e. The summed E-state index contributed by atoms with van der Waals surface area (Å²) in [6, 6.07) is 1.94. The highest BCUT2D eigenvalue weighted by molar-refractivity contribution is 5.48. The summed E-state index contributed by atoms with van der Waals surface area (Å²) < 4.78 is 0. The van der Waals surface area contributed by atoms with E-state index in [1.165, 1.54) is 6.20 Å². The van der Waals surface area contributed by atoms with E-state index in [0.29, 0.717) is 5.56 Å². The van der Waals surface area contributed by atoms with Gasteiger partial charge in [-0.3, -0.25) is 15.0 Å². The largest absolute Gasteiger partial charge is 0.395 e. The smallest absolute Gasteiger partial charge is 0.290 e. The van der Waals surface area contributed by atoms with Crippen LogP contribution in [0.2, 0.25) is 0 Å². The standard InChI is InChI=1S/C13H20N4O3/c1-10-7-13(14-8-12(10)17(19)20)16-5-3-15(4-6-16)11(2)9-18/h7-8,11,18H,3-6,9H2,1-2H3. The van der Waals surface area contributed by atoms with Gasteiger partial charge in [0.15, 0.2) is 0 Å². The van der Waals surface area contributed by atoms with Crippen LogP contribution in [0.1, 0.15) is 12.5 Å². The molecule has 1 saturated heterocycles. The number of anilines is 1. The molecule has 0 bridgehead atoms. The molecule has 2 rings (SSSR count). The Morgan fingerprint density at radius 2 is 2.10 bits per heavy atom. The van der Waals surface area contributed by atoms with Gasteiger partial charge in [0.1, 0.15) is 12.0 Å². The van der Waals surface area contributed by atoms with Crippen LogP contribution in [0, 0.1) is 17.0 Å². The Labute approximate surface area is 118 Å². The molecule has 1 aromatic heterocycles. The van der Waals surface area contributed by atoms with E-state index in [9.17, 15) is 10.1 Å². The molecule has 1 N–H and O–H groups in total. The first-order valence-electron chi connectivity index (χ1n) is 6.74. The van der Waals surface area contributed by atoms with Crippen molar-refractivity contribution in [3.05, 3.63) is 27.9 Å². The van der Waals surface area contributed by atoms with Crippen LogP contribution >= 0.6 is 0 Å². The molecule has 0 aromatic carbocycles. The summed E-state index contributed by atoms with van der Waals surface area (Å²) in [6.45, 7) is 7.24. The maximum absolute atomic E-state index is 10.8. The minimum absolute atomic E-state index is 0.0567. The number of nitrogens with zero attached hydrogens (tertiary/aromatic N) is 4. The van der Waals surface area contributed by atoms with Gasteiger partial charge in [-0.05, 0) is 19.9 Å². The molecule has 1 aromatic rings. The monoisotopic (exact) mass is 280 g/mol. The molecule has 1 aliphatic heterocycles. The van der Waals surface area contributed by atoms with E-state index in [-0.39, 0.29) is 18.3 Å². The first-order valence-corrected chi connectivity index (χ1v) is 6.74. The van der Waals surface area contributed by atoms with Crippen LogP contribution in [0.5, 0.6) is 0 Å². The van der Waals surface area contributed by atoms with Gasteiger partial charge in [-0.1, -0.05) is 0 Å². The van der Waals surface area contributed by atoms with Gasteiger partial charge in [-0.25, -0.2) is 4.98 Å². The van der Waals surface area contributed by atoms with Gasteiger partial charge in [0.05, 0.1) is 11.5 Å². The highest BCUT2D eigenvalue weighted by atomic mass is 16.6. The number of nitro groups is 1. The quantitative estimate of drug-likeness (QED) is 0.649. The van der Waals surface area contributed by atoms with Crippen LogP contribution < -0.4 is 4.90 Å². The minimum atomic E-state index is -0.410. The van der Waals surface area contributed by atoms with Crippen LogP contribution in [0.25, 0.3) is 0 Å². The van der Waals surface area contributed by atoms with Crippen molar-refractivity contribution < 1.29 is 10.0 Å². The van der Waals surface area contributed by atoms with Gasteiger partial charge in [-0.15, -0.1) is 0 Å². The predicted molar refractivity (Wildman–Crippen MR) is 76.0 cm³/mol. The normalized spacial score (nSPS) is 18.1. The number of aromatic nitrogens is 1. The zero-order chi connectivity index (χ0) is 14.7. The van der Waals surface area contributed by atoms with Crippen molar-refractivity contribution in [1.82, 2.24) is 9.88 Å². The number of pyridine rings is 1. The Hall–Kier alpha value is -1.73. The fraction of sp³-hybridized carbons (Fsp3) is 0.615. The van der Waals surface area contributed by atoms with Crippen molar-refractivity contribution in [1.29, 1.82) is 0 Å². The summed E-state index contributed by atoms with van der Waals surface area (Å²) in [5, 5.41) is 19.9. The molecular weight excluding hydrogens is 260 g/mol. The van der Waals surface area contributed by atoms with E-state index >= 15 is 0 Å². The first-order chi connectivity index (χ1) is 9.52. The number of hydrogen-bond acceptors (Lipinski definition) is 6. The molecule has 7 heteroatoms. The molecule has 0 spiro atoms. The van der Waals surface area contributed by atoms with Crippen molar-refractivity contribution in [2.45, 2.75) is 19.9 Å². The summed E-state index contributed by atoms with van der Waals surface area (Å²) >= 11 is 0. The lowest BCUT2D eigenvalue weighted by molar-refractivity contribution is -0.385. The summed E-state index contributed by atoms with van der Waals surface area (Å²) in [6.07, 6.45) is 1.33. The highest BCUT2D eigenvalue weighted by Crippen LogP contribution is 2.22. The molecule has 20 heavy (non-hydrogen) atoms.